The lowest BCUT2D eigenvalue weighted by Gasteiger charge is -2.35. The number of hydrogen-bond acceptors (Lipinski definition) is 5. The van der Waals surface area contributed by atoms with Crippen molar-refractivity contribution in [2.75, 3.05) is 23.9 Å². The highest BCUT2D eigenvalue weighted by Gasteiger charge is 2.48. The minimum absolute atomic E-state index is 0.244. The molecule has 0 aromatic heterocycles. The van der Waals surface area contributed by atoms with Crippen molar-refractivity contribution in [3.05, 3.63) is 12.3 Å². The Kier molecular flexibility index (Phi) is 5.43. The van der Waals surface area contributed by atoms with Crippen molar-refractivity contribution in [3.8, 4) is 0 Å². The third-order valence-corrected chi connectivity index (χ3v) is 8.53. The van der Waals surface area contributed by atoms with Gasteiger partial charge in [-0.3, -0.25) is 0 Å². The molecule has 0 aliphatic carbocycles. The first-order chi connectivity index (χ1) is 8.79. The average Bonchev–Trinajstić information content (AvgIpc) is 2.33. The Morgan fingerprint density at radius 3 is 2.47 bits per heavy atom. The Hall–Kier alpha value is -0.560. The van der Waals surface area contributed by atoms with Crippen molar-refractivity contribution in [2.24, 2.45) is 0 Å². The molecule has 0 radical (unpaired) electrons. The molecule has 1 rings (SSSR count). The largest absolute Gasteiger partial charge is 0.502 e. The van der Waals surface area contributed by atoms with Gasteiger partial charge in [-0.1, -0.05) is 13.0 Å². The van der Waals surface area contributed by atoms with Gasteiger partial charge in [0.15, 0.2) is 19.7 Å². The van der Waals surface area contributed by atoms with Crippen LogP contribution >= 0.6 is 0 Å². The van der Waals surface area contributed by atoms with Crippen LogP contribution in [-0.2, 0) is 24.4 Å². The topological polar surface area (TPSA) is 77.5 Å². The lowest BCUT2D eigenvalue weighted by atomic mass is 10.0. The first kappa shape index (κ1) is 16.5. The number of rotatable bonds is 6. The van der Waals surface area contributed by atoms with Crippen LogP contribution in [0.15, 0.2) is 12.3 Å². The fourth-order valence-corrected chi connectivity index (χ4v) is 8.16. The molecule has 0 aromatic rings. The van der Waals surface area contributed by atoms with Crippen LogP contribution in [0.25, 0.3) is 0 Å². The Balaban J connectivity index is 2.80. The number of sulfone groups is 2. The van der Waals surface area contributed by atoms with Gasteiger partial charge in [-0.2, -0.15) is 0 Å². The van der Waals surface area contributed by atoms with Crippen molar-refractivity contribution < 1.29 is 21.6 Å². The van der Waals surface area contributed by atoms with E-state index in [-0.39, 0.29) is 17.3 Å². The Morgan fingerprint density at radius 2 is 1.89 bits per heavy atom. The van der Waals surface area contributed by atoms with E-state index in [0.717, 1.165) is 0 Å². The van der Waals surface area contributed by atoms with Gasteiger partial charge in [-0.05, 0) is 26.2 Å². The zero-order valence-electron chi connectivity index (χ0n) is 11.5. The van der Waals surface area contributed by atoms with E-state index in [0.29, 0.717) is 25.9 Å². The molecule has 0 aromatic carbocycles. The molecule has 1 heterocycles. The van der Waals surface area contributed by atoms with Crippen LogP contribution in [0.4, 0.5) is 0 Å². The van der Waals surface area contributed by atoms with E-state index in [1.165, 1.54) is 0 Å². The molecular formula is C12H22O5S2. The third-order valence-electron chi connectivity index (χ3n) is 3.58. The quantitative estimate of drug-likeness (QED) is 0.546. The van der Waals surface area contributed by atoms with Crippen molar-refractivity contribution >= 4 is 19.7 Å². The predicted molar refractivity (Wildman–Crippen MR) is 75.5 cm³/mol. The Labute approximate surface area is 115 Å². The van der Waals surface area contributed by atoms with E-state index < -0.39 is 24.4 Å². The molecule has 1 aliphatic rings. The van der Waals surface area contributed by atoms with Crippen LogP contribution in [0.1, 0.15) is 33.1 Å². The fraction of sp³-hybridized carbons (Fsp3) is 0.833. The number of hydrogen-bond donors (Lipinski definition) is 0. The normalized spacial score (nSPS) is 29.4. The summed E-state index contributed by atoms with van der Waals surface area (Å²) < 4.78 is 52.0. The molecule has 5 nitrogen and oxygen atoms in total. The monoisotopic (exact) mass is 310 g/mol. The van der Waals surface area contributed by atoms with Crippen LogP contribution in [0.3, 0.4) is 0 Å². The van der Waals surface area contributed by atoms with Gasteiger partial charge in [0, 0.05) is 0 Å². The number of ether oxygens (including phenoxy) is 1. The molecule has 19 heavy (non-hydrogen) atoms. The maximum Gasteiger partial charge on any atom is 0.157 e. The van der Waals surface area contributed by atoms with Crippen LogP contribution in [0.2, 0.25) is 0 Å². The standard InChI is InChI=1S/C12H22O5S2/c1-3-7-17-8-5-6-12(4-2)11-18(13,14)9-10-19(12,15)16/h3,7H,4-6,8-11H2,1-2H3/b7-3+. The highest BCUT2D eigenvalue weighted by atomic mass is 32.2. The first-order valence-corrected chi connectivity index (χ1v) is 9.91. The van der Waals surface area contributed by atoms with Crippen LogP contribution < -0.4 is 0 Å². The zero-order chi connectivity index (χ0) is 14.6. The summed E-state index contributed by atoms with van der Waals surface area (Å²) in [7, 11) is -6.61. The van der Waals surface area contributed by atoms with Crippen molar-refractivity contribution in [1.29, 1.82) is 0 Å². The second kappa shape index (κ2) is 6.26. The second-order valence-electron chi connectivity index (χ2n) is 4.89. The maximum atomic E-state index is 12.2. The summed E-state index contributed by atoms with van der Waals surface area (Å²) in [5, 5.41) is 0. The molecule has 0 bridgehead atoms. The Bertz CT molecular complexity index is 518. The van der Waals surface area contributed by atoms with Crippen molar-refractivity contribution in [2.45, 2.75) is 37.9 Å². The van der Waals surface area contributed by atoms with Gasteiger partial charge in [-0.15, -0.1) is 0 Å². The van der Waals surface area contributed by atoms with E-state index in [2.05, 4.69) is 0 Å². The molecule has 1 atom stereocenters. The van der Waals surface area contributed by atoms with E-state index >= 15 is 0 Å². The molecule has 1 fully saturated rings. The summed E-state index contributed by atoms with van der Waals surface area (Å²) in [6.07, 6.45) is 4.50. The van der Waals surface area contributed by atoms with Gasteiger partial charge < -0.3 is 4.74 Å². The van der Waals surface area contributed by atoms with Gasteiger partial charge in [0.05, 0.1) is 34.9 Å². The molecule has 0 N–H and O–H groups in total. The Morgan fingerprint density at radius 1 is 1.21 bits per heavy atom. The third kappa shape index (κ3) is 3.95. The second-order valence-corrected chi connectivity index (χ2v) is 9.58. The van der Waals surface area contributed by atoms with Gasteiger partial charge in [0.1, 0.15) is 0 Å². The lowest BCUT2D eigenvalue weighted by Crippen LogP contribution is -2.51. The summed E-state index contributed by atoms with van der Waals surface area (Å²) in [6, 6.07) is 0. The number of allylic oxidation sites excluding steroid dienone is 1. The van der Waals surface area contributed by atoms with Crippen LogP contribution in [0, 0.1) is 0 Å². The summed E-state index contributed by atoms with van der Waals surface area (Å²) in [5.41, 5.74) is 0. The highest BCUT2D eigenvalue weighted by molar-refractivity contribution is 7.99. The first-order valence-electron chi connectivity index (χ1n) is 6.44. The van der Waals surface area contributed by atoms with E-state index in [1.54, 1.807) is 19.3 Å². The van der Waals surface area contributed by atoms with Crippen LogP contribution in [-0.4, -0.2) is 45.4 Å². The summed E-state index contributed by atoms with van der Waals surface area (Å²) >= 11 is 0. The van der Waals surface area contributed by atoms with Crippen LogP contribution in [0.5, 0.6) is 0 Å². The fourth-order valence-electron chi connectivity index (χ4n) is 2.38. The molecular weight excluding hydrogens is 288 g/mol. The van der Waals surface area contributed by atoms with Gasteiger partial charge in [-0.25, -0.2) is 16.8 Å². The summed E-state index contributed by atoms with van der Waals surface area (Å²) in [5.74, 6) is -0.743. The molecule has 112 valence electrons. The van der Waals surface area contributed by atoms with Gasteiger partial charge >= 0.3 is 0 Å². The van der Waals surface area contributed by atoms with Crippen molar-refractivity contribution in [1.82, 2.24) is 0 Å². The summed E-state index contributed by atoms with van der Waals surface area (Å²) in [4.78, 5) is 0. The minimum Gasteiger partial charge on any atom is -0.502 e. The molecule has 7 heteroatoms. The predicted octanol–water partition coefficient (Wildman–Crippen LogP) is 1.31. The smallest absolute Gasteiger partial charge is 0.157 e. The van der Waals surface area contributed by atoms with E-state index in [4.69, 9.17) is 4.74 Å². The van der Waals surface area contributed by atoms with E-state index in [9.17, 15) is 16.8 Å². The molecule has 0 amide bonds. The molecule has 0 spiro atoms. The molecule has 1 saturated heterocycles. The maximum absolute atomic E-state index is 12.2. The molecule has 0 saturated carbocycles. The summed E-state index contributed by atoms with van der Waals surface area (Å²) in [6.45, 7) is 3.97. The van der Waals surface area contributed by atoms with Gasteiger partial charge in [0.25, 0.3) is 0 Å². The molecule has 1 aliphatic heterocycles. The lowest BCUT2D eigenvalue weighted by molar-refractivity contribution is 0.235. The molecule has 1 unspecified atom stereocenters. The van der Waals surface area contributed by atoms with E-state index in [1.807, 2.05) is 6.92 Å². The van der Waals surface area contributed by atoms with Gasteiger partial charge in [0.2, 0.25) is 0 Å². The highest BCUT2D eigenvalue weighted by Crippen LogP contribution is 2.34. The minimum atomic E-state index is -3.35. The average molecular weight is 310 g/mol. The SMILES string of the molecule is C/C=C/OCCCC1(CC)CS(=O)(=O)CCS1(=O)=O. The zero-order valence-corrected chi connectivity index (χ0v) is 13.1. The van der Waals surface area contributed by atoms with Crippen molar-refractivity contribution in [3.63, 3.8) is 0 Å².